The number of aryl methyl sites for hydroxylation is 5. The summed E-state index contributed by atoms with van der Waals surface area (Å²) in [6.07, 6.45) is 20.0. The average Bonchev–Trinajstić information content (AvgIpc) is 0.893. The van der Waals surface area contributed by atoms with Gasteiger partial charge in [-0.05, 0) is 179 Å². The molecule has 5 heterocycles. The van der Waals surface area contributed by atoms with Crippen LogP contribution >= 0.6 is 12.4 Å². The van der Waals surface area contributed by atoms with E-state index in [1.807, 2.05) is 84.1 Å². The van der Waals surface area contributed by atoms with Gasteiger partial charge in [-0.15, -0.1) is 12.4 Å². The highest BCUT2D eigenvalue weighted by molar-refractivity contribution is 6.76. The Bertz CT molecular complexity index is 4240. The molecule has 4 atom stereocenters. The molecule has 4 aliphatic carbocycles. The molecule has 13 rings (SSSR count). The summed E-state index contributed by atoms with van der Waals surface area (Å²) in [5.74, 6) is -0.998. The van der Waals surface area contributed by atoms with Crippen molar-refractivity contribution >= 4 is 57.7 Å². The number of nitrogens with zero attached hydrogens (tertiary/aromatic N) is 10. The average molecular weight is 1370 g/mol. The van der Waals surface area contributed by atoms with Gasteiger partial charge in [-0.25, -0.2) is 9.36 Å². The summed E-state index contributed by atoms with van der Waals surface area (Å²) in [6.45, 7) is 24.7. The molecule has 97 heavy (non-hydrogen) atoms. The summed E-state index contributed by atoms with van der Waals surface area (Å²) < 4.78 is 21.5. The van der Waals surface area contributed by atoms with Crippen molar-refractivity contribution in [3.8, 4) is 44.5 Å². The Hall–Kier alpha value is -8.06. The first-order chi connectivity index (χ1) is 46.0. The van der Waals surface area contributed by atoms with E-state index in [0.717, 1.165) is 142 Å². The van der Waals surface area contributed by atoms with Crippen LogP contribution in [0.3, 0.4) is 0 Å². The van der Waals surface area contributed by atoms with Crippen molar-refractivity contribution in [1.29, 1.82) is 0 Å². The van der Waals surface area contributed by atoms with E-state index in [1.165, 1.54) is 47.1 Å². The quantitative estimate of drug-likeness (QED) is 0.0329. The second-order valence-corrected chi connectivity index (χ2v) is 40.7. The molecule has 0 aliphatic heterocycles. The molecule has 0 spiro atoms. The fraction of sp³-hybridized carbons (Fsp3) is 0.440. The highest BCUT2D eigenvalue weighted by Gasteiger charge is 2.37. The van der Waals surface area contributed by atoms with Crippen molar-refractivity contribution < 1.29 is 23.9 Å². The first kappa shape index (κ1) is 70.3. The zero-order valence-electron chi connectivity index (χ0n) is 58.3. The van der Waals surface area contributed by atoms with Gasteiger partial charge in [0.25, 0.3) is 5.91 Å². The minimum Gasteiger partial charge on any atom is -0.360 e. The molecule has 19 nitrogen and oxygen atoms in total. The Labute approximate surface area is 579 Å². The van der Waals surface area contributed by atoms with Gasteiger partial charge in [-0.3, -0.25) is 28.4 Å². The number of nitrogens with two attached hydrogens (primary N) is 1. The minimum absolute atomic E-state index is 0. The lowest BCUT2D eigenvalue weighted by atomic mass is 9.77. The molecule has 0 unspecified atom stereocenters. The van der Waals surface area contributed by atoms with Crippen molar-refractivity contribution in [2.24, 2.45) is 12.8 Å². The van der Waals surface area contributed by atoms with Crippen molar-refractivity contribution in [3.05, 3.63) is 173 Å². The van der Waals surface area contributed by atoms with Gasteiger partial charge in [0.1, 0.15) is 25.2 Å². The lowest BCUT2D eigenvalue weighted by molar-refractivity contribution is -0.119. The molecule has 4 aliphatic rings. The molecule has 2 saturated carbocycles. The summed E-state index contributed by atoms with van der Waals surface area (Å²) >= 11 is 0. The van der Waals surface area contributed by atoms with Gasteiger partial charge >= 0.3 is 0 Å². The summed E-state index contributed by atoms with van der Waals surface area (Å²) in [6, 6.07) is 32.5. The van der Waals surface area contributed by atoms with Crippen molar-refractivity contribution in [2.75, 3.05) is 23.8 Å². The standard InChI is InChI=1S/C40H50N8O3Si.C35H46N6O2Si.ClH/c1-26-37(27(2)48(45-26)25-51-20-21-52(4,5)6)29-12-14-32(15-13-29)43-40(50)38(44-39(49)36-18-19-41-46(36)3)34-9-7-8-28-10-11-30(22-35(28)34)31-23-42-47(24-31)33-16-17-33;1-23-33(24(2)41(39-23)22-43-17-18-44(3,4)5)26-11-13-29(14-12-26)38-35(42)34(36)31-8-6-7-25-9-10-27(19-32(25)31)28-20-37-40(21-28)30-15-16-30;/h10-15,18-19,22-24,33-34,38H,7-9,16-17,20-21,25H2,1-6H3,(H,43,50)(H,44,49);9-14,19-21,30-31,34H,6-8,15-18,22,36H2,1-5H3,(H,38,42);1H/t34-,38+;31-,34+;/m11./s1. The number of carbonyl (C=O) groups is 3. The third kappa shape index (κ3) is 16.9. The number of nitrogens with one attached hydrogen (secondary N) is 3. The number of hydrogen-bond donors (Lipinski definition) is 4. The largest absolute Gasteiger partial charge is 0.360 e. The van der Waals surface area contributed by atoms with Gasteiger partial charge in [-0.2, -0.15) is 25.5 Å². The number of ether oxygens (including phenoxy) is 2. The van der Waals surface area contributed by atoms with Crippen LogP contribution in [0.1, 0.15) is 131 Å². The zero-order valence-corrected chi connectivity index (χ0v) is 61.1. The van der Waals surface area contributed by atoms with Crippen LogP contribution in [0.15, 0.2) is 122 Å². The fourth-order valence-corrected chi connectivity index (χ4v) is 15.1. The molecule has 0 saturated heterocycles. The lowest BCUT2D eigenvalue weighted by Gasteiger charge is -2.32. The third-order valence-electron chi connectivity index (χ3n) is 19.6. The number of hydrogen-bond acceptors (Lipinski definition) is 11. The molecular weight excluding hydrogens is 1270 g/mol. The highest BCUT2D eigenvalue weighted by Crippen LogP contribution is 2.42. The number of fused-ring (bicyclic) bond motifs is 2. The van der Waals surface area contributed by atoms with E-state index in [4.69, 9.17) is 25.4 Å². The Morgan fingerprint density at radius 2 is 1.01 bits per heavy atom. The number of halogens is 1. The lowest BCUT2D eigenvalue weighted by Crippen LogP contribution is -2.48. The zero-order chi connectivity index (χ0) is 67.6. The van der Waals surface area contributed by atoms with Gasteiger partial charge < -0.3 is 31.2 Å². The maximum Gasteiger partial charge on any atom is 0.270 e. The maximum absolute atomic E-state index is 14.3. The molecule has 0 bridgehead atoms. The fourth-order valence-electron chi connectivity index (χ4n) is 13.6. The Kier molecular flexibility index (Phi) is 21.7. The molecular formula is C75H97ClN14O5Si2. The van der Waals surface area contributed by atoms with Crippen LogP contribution in [-0.4, -0.2) is 108 Å². The van der Waals surface area contributed by atoms with Crippen molar-refractivity contribution in [2.45, 2.75) is 193 Å². The SMILES string of the molecule is Cc1nn(COCC[Si](C)(C)C)c(C)c1-c1ccc(NC(=O)[C@@H](N)[C@@H]2CCCc3ccc(-c4cnn(C5CC5)c4)cc32)cc1.Cc1nn(COCC[Si](C)(C)C)c(C)c1-c1ccc(NC(=O)[C@@H](NC(=O)c2ccnn2C)[C@@H]2CCCc3ccc(-c4cnn(C5CC5)c4)cc32)cc1.Cl. The third-order valence-corrected chi connectivity index (χ3v) is 23.0. The molecule has 9 aromatic rings. The molecule has 512 valence electrons. The van der Waals surface area contributed by atoms with Crippen LogP contribution in [0, 0.1) is 27.7 Å². The number of amides is 3. The monoisotopic (exact) mass is 1360 g/mol. The highest BCUT2D eigenvalue weighted by atomic mass is 35.5. The molecule has 0 radical (unpaired) electrons. The van der Waals surface area contributed by atoms with E-state index in [2.05, 4.69) is 143 Å². The molecule has 5 N–H and O–H groups in total. The Morgan fingerprint density at radius 1 is 0.567 bits per heavy atom. The van der Waals surface area contributed by atoms with Crippen LogP contribution in [-0.2, 0) is 52.4 Å². The van der Waals surface area contributed by atoms with Gasteiger partial charge in [0, 0.05) is 112 Å². The molecule has 2 fully saturated rings. The van der Waals surface area contributed by atoms with Crippen LogP contribution in [0.4, 0.5) is 11.4 Å². The predicted octanol–water partition coefficient (Wildman–Crippen LogP) is 14.8. The first-order valence-corrected chi connectivity index (χ1v) is 41.9. The van der Waals surface area contributed by atoms with E-state index in [-0.39, 0.29) is 42.0 Å². The number of carbonyl (C=O) groups excluding carboxylic acids is 3. The first-order valence-electron chi connectivity index (χ1n) is 34.5. The van der Waals surface area contributed by atoms with Crippen molar-refractivity contribution in [3.63, 3.8) is 0 Å². The van der Waals surface area contributed by atoms with Crippen molar-refractivity contribution in [1.82, 2.24) is 54.2 Å². The van der Waals surface area contributed by atoms with E-state index in [0.29, 0.717) is 36.9 Å². The second kappa shape index (κ2) is 30.0. The van der Waals surface area contributed by atoms with E-state index < -0.39 is 28.2 Å². The maximum atomic E-state index is 14.3. The minimum atomic E-state index is -1.17. The molecule has 3 amide bonds. The Morgan fingerprint density at radius 3 is 1.45 bits per heavy atom. The second-order valence-electron chi connectivity index (χ2n) is 29.4. The van der Waals surface area contributed by atoms with Gasteiger partial charge in [0.05, 0.1) is 41.9 Å². The summed E-state index contributed by atoms with van der Waals surface area (Å²) in [5, 5.41) is 32.2. The Balaban J connectivity index is 0.000000197. The van der Waals surface area contributed by atoms with Crippen LogP contribution in [0.5, 0.6) is 0 Å². The normalized spacial score (nSPS) is 16.7. The number of anilines is 2. The van der Waals surface area contributed by atoms with E-state index in [9.17, 15) is 14.4 Å². The van der Waals surface area contributed by atoms with Crippen LogP contribution < -0.4 is 21.7 Å². The summed E-state index contributed by atoms with van der Waals surface area (Å²) in [7, 11) is -0.571. The van der Waals surface area contributed by atoms with Crippen LogP contribution in [0.25, 0.3) is 44.5 Å². The summed E-state index contributed by atoms with van der Waals surface area (Å²) in [4.78, 5) is 41.4. The number of aromatic nitrogens is 10. The molecule has 5 aromatic heterocycles. The van der Waals surface area contributed by atoms with Gasteiger partial charge in [0.2, 0.25) is 11.8 Å². The van der Waals surface area contributed by atoms with Crippen LogP contribution in [0.2, 0.25) is 51.4 Å². The molecule has 4 aromatic carbocycles. The topological polar surface area (TPSA) is 221 Å². The summed E-state index contributed by atoms with van der Waals surface area (Å²) in [5.41, 5.74) is 25.9. The van der Waals surface area contributed by atoms with E-state index >= 15 is 0 Å². The predicted molar refractivity (Wildman–Crippen MR) is 393 cm³/mol. The smallest absolute Gasteiger partial charge is 0.270 e. The molecule has 22 heteroatoms. The number of rotatable bonds is 24. The van der Waals surface area contributed by atoms with E-state index in [1.54, 1.807) is 19.3 Å². The number of benzene rings is 4. The van der Waals surface area contributed by atoms with Gasteiger partial charge in [0.15, 0.2) is 0 Å². The van der Waals surface area contributed by atoms with Gasteiger partial charge in [-0.1, -0.05) is 99.9 Å².